The van der Waals surface area contributed by atoms with Gasteiger partial charge >= 0.3 is 0 Å². The van der Waals surface area contributed by atoms with Gasteiger partial charge in [-0.25, -0.2) is 8.78 Å². The van der Waals surface area contributed by atoms with E-state index in [-0.39, 0.29) is 36.2 Å². The van der Waals surface area contributed by atoms with Gasteiger partial charge in [0, 0.05) is 38.1 Å². The minimum absolute atomic E-state index is 0.00465. The number of hydrogen-bond donors (Lipinski definition) is 0. The number of ether oxygens (including phenoxy) is 1. The summed E-state index contributed by atoms with van der Waals surface area (Å²) in [6.07, 6.45) is 10.5. The second-order valence-electron chi connectivity index (χ2n) is 10.5. The minimum atomic E-state index is -2.49. The lowest BCUT2D eigenvalue weighted by Crippen LogP contribution is -2.42. The van der Waals surface area contributed by atoms with Gasteiger partial charge in [0.05, 0.1) is 6.10 Å². The van der Waals surface area contributed by atoms with Crippen molar-refractivity contribution in [1.82, 2.24) is 4.90 Å². The highest BCUT2D eigenvalue weighted by Crippen LogP contribution is 2.44. The molecular weight excluding hydrogens is 384 g/mol. The van der Waals surface area contributed by atoms with Gasteiger partial charge in [-0.05, 0) is 62.2 Å². The first-order chi connectivity index (χ1) is 14.1. The Hall–Kier alpha value is -1.23. The fourth-order valence-electron chi connectivity index (χ4n) is 5.39. The Kier molecular flexibility index (Phi) is 7.42. The van der Waals surface area contributed by atoms with Crippen LogP contribution in [0.3, 0.4) is 0 Å². The van der Waals surface area contributed by atoms with E-state index in [2.05, 4.69) is 32.9 Å². The lowest BCUT2D eigenvalue weighted by atomic mass is 9.66. The average Bonchev–Trinajstić information content (AvgIpc) is 2.69. The van der Waals surface area contributed by atoms with Crippen LogP contribution in [0.15, 0.2) is 23.8 Å². The van der Waals surface area contributed by atoms with Gasteiger partial charge < -0.3 is 9.64 Å². The number of rotatable bonds is 5. The first kappa shape index (κ1) is 23.4. The van der Waals surface area contributed by atoms with E-state index in [0.29, 0.717) is 24.7 Å². The molecule has 5 heteroatoms. The van der Waals surface area contributed by atoms with Gasteiger partial charge in [-0.3, -0.25) is 4.79 Å². The molecule has 0 bridgehead atoms. The Balaban J connectivity index is 1.67. The molecule has 30 heavy (non-hydrogen) atoms. The molecule has 2 fully saturated rings. The largest absolute Gasteiger partial charge is 0.378 e. The lowest BCUT2D eigenvalue weighted by molar-refractivity contribution is -0.129. The maximum atomic E-state index is 13.6. The van der Waals surface area contributed by atoms with Crippen LogP contribution < -0.4 is 0 Å². The summed E-state index contributed by atoms with van der Waals surface area (Å²) in [5, 5.41) is 0. The van der Waals surface area contributed by atoms with Crippen LogP contribution in [0.2, 0.25) is 0 Å². The highest BCUT2D eigenvalue weighted by molar-refractivity contribution is 5.96. The fourth-order valence-corrected chi connectivity index (χ4v) is 5.39. The predicted octanol–water partition coefficient (Wildman–Crippen LogP) is 6.00. The summed E-state index contributed by atoms with van der Waals surface area (Å²) < 4.78 is 32.9. The molecule has 0 aromatic carbocycles. The summed E-state index contributed by atoms with van der Waals surface area (Å²) >= 11 is 0. The number of alkyl halides is 2. The molecule has 2 unspecified atom stereocenters. The van der Waals surface area contributed by atoms with Crippen molar-refractivity contribution >= 4 is 5.91 Å². The van der Waals surface area contributed by atoms with E-state index in [1.165, 1.54) is 0 Å². The topological polar surface area (TPSA) is 29.5 Å². The molecule has 0 aromatic rings. The second-order valence-corrected chi connectivity index (χ2v) is 10.5. The maximum Gasteiger partial charge on any atom is 0.253 e. The normalized spacial score (nSPS) is 28.5. The van der Waals surface area contributed by atoms with Crippen LogP contribution in [0, 0.1) is 23.2 Å². The molecule has 0 radical (unpaired) electrons. The number of carbonyl (C=O) groups excluding carboxylic acids is 1. The molecule has 1 heterocycles. The van der Waals surface area contributed by atoms with Crippen LogP contribution >= 0.6 is 0 Å². The Morgan fingerprint density at radius 2 is 1.80 bits per heavy atom. The molecule has 3 nitrogen and oxygen atoms in total. The number of hydrogen-bond acceptors (Lipinski definition) is 2. The van der Waals surface area contributed by atoms with Crippen molar-refractivity contribution < 1.29 is 18.3 Å². The quantitative estimate of drug-likeness (QED) is 0.542. The van der Waals surface area contributed by atoms with Gasteiger partial charge in [0.25, 0.3) is 5.91 Å². The van der Waals surface area contributed by atoms with E-state index in [9.17, 15) is 13.6 Å². The van der Waals surface area contributed by atoms with Crippen molar-refractivity contribution in [2.24, 2.45) is 23.2 Å². The monoisotopic (exact) mass is 423 g/mol. The molecule has 2 atom stereocenters. The molecule has 3 rings (SSSR count). The van der Waals surface area contributed by atoms with Crippen molar-refractivity contribution in [2.45, 2.75) is 84.7 Å². The van der Waals surface area contributed by atoms with Gasteiger partial charge in [-0.1, -0.05) is 39.0 Å². The Labute approximate surface area is 180 Å². The molecule has 1 amide bonds. The fraction of sp³-hybridized carbons (Fsp3) is 0.800. The molecule has 1 aliphatic heterocycles. The van der Waals surface area contributed by atoms with E-state index in [0.717, 1.165) is 44.5 Å². The van der Waals surface area contributed by atoms with E-state index >= 15 is 0 Å². The Bertz CT molecular complexity index is 647. The molecular formula is C25H39F2NO2. The van der Waals surface area contributed by atoms with Crippen molar-refractivity contribution in [3.05, 3.63) is 23.8 Å². The first-order valence-corrected chi connectivity index (χ1v) is 11.8. The third-order valence-corrected chi connectivity index (χ3v) is 7.16. The number of likely N-dealkylation sites (tertiary alicyclic amines) is 1. The van der Waals surface area contributed by atoms with Gasteiger partial charge in [0.2, 0.25) is 5.92 Å². The molecule has 1 saturated heterocycles. The van der Waals surface area contributed by atoms with Gasteiger partial charge in [0.15, 0.2) is 0 Å². The molecule has 0 N–H and O–H groups in total. The van der Waals surface area contributed by atoms with Crippen LogP contribution in [-0.4, -0.2) is 42.5 Å². The Morgan fingerprint density at radius 1 is 1.17 bits per heavy atom. The number of amides is 1. The summed E-state index contributed by atoms with van der Waals surface area (Å²) in [5.41, 5.74) is 0.845. The van der Waals surface area contributed by atoms with Crippen molar-refractivity contribution in [1.29, 1.82) is 0 Å². The van der Waals surface area contributed by atoms with Crippen molar-refractivity contribution in [2.75, 3.05) is 19.7 Å². The highest BCUT2D eigenvalue weighted by atomic mass is 19.3. The number of carbonyl (C=O) groups is 1. The molecule has 0 spiro atoms. The van der Waals surface area contributed by atoms with Crippen molar-refractivity contribution in [3.8, 4) is 0 Å². The lowest BCUT2D eigenvalue weighted by Gasteiger charge is -2.39. The number of piperidine rings is 1. The summed E-state index contributed by atoms with van der Waals surface area (Å²) in [7, 11) is 0. The first-order valence-electron chi connectivity index (χ1n) is 11.8. The van der Waals surface area contributed by atoms with Gasteiger partial charge in [0.1, 0.15) is 0 Å². The van der Waals surface area contributed by atoms with Gasteiger partial charge in [-0.15, -0.1) is 0 Å². The van der Waals surface area contributed by atoms with E-state index in [1.54, 1.807) is 0 Å². The number of halogens is 2. The zero-order chi connectivity index (χ0) is 21.9. The summed E-state index contributed by atoms with van der Waals surface area (Å²) in [6.45, 7) is 10.9. The van der Waals surface area contributed by atoms with Crippen LogP contribution in [-0.2, 0) is 9.53 Å². The molecule has 3 aliphatic rings. The predicted molar refractivity (Wildman–Crippen MR) is 116 cm³/mol. The van der Waals surface area contributed by atoms with Crippen LogP contribution in [0.4, 0.5) is 8.78 Å². The van der Waals surface area contributed by atoms with E-state index < -0.39 is 5.92 Å². The average molecular weight is 424 g/mol. The third-order valence-electron chi connectivity index (χ3n) is 7.16. The molecule has 0 aromatic heterocycles. The molecule has 2 aliphatic carbocycles. The van der Waals surface area contributed by atoms with Gasteiger partial charge in [-0.2, -0.15) is 0 Å². The molecule has 1 saturated carbocycles. The van der Waals surface area contributed by atoms with E-state index in [4.69, 9.17) is 4.74 Å². The third kappa shape index (κ3) is 5.93. The van der Waals surface area contributed by atoms with Crippen LogP contribution in [0.5, 0.6) is 0 Å². The van der Waals surface area contributed by atoms with Crippen LogP contribution in [0.25, 0.3) is 0 Å². The SMILES string of the molecule is CCOC1CCN(C(=O)C2=CC(CC3CCC(F)(F)CC3)C(C(C)(C)C)C=C2)CC1. The van der Waals surface area contributed by atoms with Crippen LogP contribution in [0.1, 0.15) is 72.6 Å². The number of nitrogens with zero attached hydrogens (tertiary/aromatic N) is 1. The maximum absolute atomic E-state index is 13.6. The minimum Gasteiger partial charge on any atom is -0.378 e. The van der Waals surface area contributed by atoms with Crippen molar-refractivity contribution in [3.63, 3.8) is 0 Å². The Morgan fingerprint density at radius 3 is 2.37 bits per heavy atom. The standard InChI is InChI=1S/C25H39F2NO2/c1-5-30-21-10-14-28(15-11-21)23(29)19-6-7-22(24(2,3)4)20(17-19)16-18-8-12-25(26,27)13-9-18/h6-7,17-18,20-22H,5,8-16H2,1-4H3. The zero-order valence-electron chi connectivity index (χ0n) is 19.1. The smallest absolute Gasteiger partial charge is 0.253 e. The summed E-state index contributed by atoms with van der Waals surface area (Å²) in [5.74, 6) is -1.52. The second kappa shape index (κ2) is 9.50. The number of allylic oxidation sites excluding steroid dienone is 2. The molecule has 170 valence electrons. The highest BCUT2D eigenvalue weighted by Gasteiger charge is 2.39. The summed E-state index contributed by atoms with van der Waals surface area (Å²) in [6, 6.07) is 0. The summed E-state index contributed by atoms with van der Waals surface area (Å²) in [4.78, 5) is 15.1. The van der Waals surface area contributed by atoms with E-state index in [1.807, 2.05) is 17.9 Å². The zero-order valence-corrected chi connectivity index (χ0v) is 19.1.